The third kappa shape index (κ3) is 3.25. The molecule has 2 heterocycles. The summed E-state index contributed by atoms with van der Waals surface area (Å²) in [6.45, 7) is 1.84. The monoisotopic (exact) mass is 376 g/mol. The number of carbonyl (C=O) groups is 1. The molecular formula is C17H17ClN4O2S. The number of rotatable bonds is 3. The van der Waals surface area contributed by atoms with E-state index in [1.54, 1.807) is 27.9 Å². The van der Waals surface area contributed by atoms with Crippen molar-refractivity contribution in [1.82, 2.24) is 15.1 Å². The van der Waals surface area contributed by atoms with Gasteiger partial charge in [0.25, 0.3) is 0 Å². The number of ether oxygens (including phenoxy) is 1. The first-order valence-electron chi connectivity index (χ1n) is 7.56. The second kappa shape index (κ2) is 6.85. The van der Waals surface area contributed by atoms with Gasteiger partial charge >= 0.3 is 5.97 Å². The number of aromatic nitrogens is 2. The summed E-state index contributed by atoms with van der Waals surface area (Å²) in [5.41, 5.74) is 2.83. The van der Waals surface area contributed by atoms with Gasteiger partial charge in [0, 0.05) is 35.2 Å². The molecule has 2 aromatic rings. The normalized spacial score (nSPS) is 17.5. The molecule has 1 N–H and O–H groups in total. The second-order valence-electron chi connectivity index (χ2n) is 5.63. The van der Waals surface area contributed by atoms with Crippen molar-refractivity contribution in [3.63, 3.8) is 0 Å². The maximum atomic E-state index is 12.5. The first kappa shape index (κ1) is 17.4. The number of carbonyl (C=O) groups excluding carboxylic acids is 1. The Balaban J connectivity index is 2.12. The summed E-state index contributed by atoms with van der Waals surface area (Å²) in [5, 5.41) is 8.51. The van der Waals surface area contributed by atoms with E-state index in [4.69, 9.17) is 28.6 Å². The van der Waals surface area contributed by atoms with Crippen molar-refractivity contribution in [3.8, 4) is 0 Å². The van der Waals surface area contributed by atoms with Crippen LogP contribution in [0, 0.1) is 0 Å². The second-order valence-corrected chi connectivity index (χ2v) is 6.46. The maximum absolute atomic E-state index is 12.5. The number of esters is 1. The number of hydrogen-bond acceptors (Lipinski definition) is 4. The van der Waals surface area contributed by atoms with Crippen molar-refractivity contribution in [2.45, 2.75) is 13.0 Å². The fourth-order valence-electron chi connectivity index (χ4n) is 2.86. The van der Waals surface area contributed by atoms with Crippen LogP contribution >= 0.6 is 23.8 Å². The summed E-state index contributed by atoms with van der Waals surface area (Å²) >= 11 is 11.5. The van der Waals surface area contributed by atoms with Crippen molar-refractivity contribution < 1.29 is 9.53 Å². The molecular weight excluding hydrogens is 360 g/mol. The number of anilines is 1. The van der Waals surface area contributed by atoms with Gasteiger partial charge in [-0.15, -0.1) is 0 Å². The van der Waals surface area contributed by atoms with Gasteiger partial charge in [0.1, 0.15) is 0 Å². The number of nitrogens with zero attached hydrogens (tertiary/aromatic N) is 3. The van der Waals surface area contributed by atoms with E-state index in [1.807, 2.05) is 32.3 Å². The molecule has 1 aliphatic rings. The van der Waals surface area contributed by atoms with E-state index in [9.17, 15) is 4.79 Å². The third-order valence-electron chi connectivity index (χ3n) is 4.03. The van der Waals surface area contributed by atoms with E-state index in [-0.39, 0.29) is 0 Å². The molecule has 1 aromatic carbocycles. The van der Waals surface area contributed by atoms with Crippen molar-refractivity contribution in [3.05, 3.63) is 58.5 Å². The van der Waals surface area contributed by atoms with E-state index < -0.39 is 12.0 Å². The summed E-state index contributed by atoms with van der Waals surface area (Å²) < 4.78 is 6.68. The van der Waals surface area contributed by atoms with Gasteiger partial charge < -0.3 is 10.1 Å². The van der Waals surface area contributed by atoms with Gasteiger partial charge in [0.2, 0.25) is 0 Å². The fraction of sp³-hybridized carbons (Fsp3) is 0.235. The van der Waals surface area contributed by atoms with Crippen LogP contribution in [0.15, 0.2) is 47.9 Å². The van der Waals surface area contributed by atoms with E-state index in [2.05, 4.69) is 10.4 Å². The van der Waals surface area contributed by atoms with Crippen LogP contribution < -0.4 is 10.2 Å². The lowest BCUT2D eigenvalue weighted by atomic mass is 9.97. The Hall–Kier alpha value is -2.38. The Morgan fingerprint density at radius 2 is 2.04 bits per heavy atom. The lowest BCUT2D eigenvalue weighted by Gasteiger charge is -2.37. The average Bonchev–Trinajstić information content (AvgIpc) is 3.02. The van der Waals surface area contributed by atoms with Crippen LogP contribution in [0.4, 0.5) is 5.69 Å². The summed E-state index contributed by atoms with van der Waals surface area (Å²) in [5.74, 6) is -0.416. The van der Waals surface area contributed by atoms with Crippen LogP contribution in [0.3, 0.4) is 0 Å². The molecule has 6 nitrogen and oxygen atoms in total. The third-order valence-corrected chi connectivity index (χ3v) is 4.59. The first-order valence-corrected chi connectivity index (χ1v) is 8.34. The van der Waals surface area contributed by atoms with E-state index in [0.29, 0.717) is 21.4 Å². The van der Waals surface area contributed by atoms with Gasteiger partial charge in [0.15, 0.2) is 5.11 Å². The smallest absolute Gasteiger partial charge is 0.337 e. The SMILES string of the molecule is COC(=O)C1=C(C)N(c2ccc(Cl)cc2)C(=S)NC1c1cnn(C)c1. The summed E-state index contributed by atoms with van der Waals surface area (Å²) in [7, 11) is 3.18. The minimum atomic E-state index is -0.419. The maximum Gasteiger partial charge on any atom is 0.337 e. The Kier molecular flexibility index (Phi) is 4.78. The molecule has 130 valence electrons. The molecule has 1 atom stereocenters. The molecule has 0 fully saturated rings. The van der Waals surface area contributed by atoms with Crippen molar-refractivity contribution in [2.75, 3.05) is 12.0 Å². The molecule has 0 saturated carbocycles. The molecule has 1 aliphatic heterocycles. The summed E-state index contributed by atoms with van der Waals surface area (Å²) in [6.07, 6.45) is 3.54. The molecule has 0 amide bonds. The number of aryl methyl sites for hydroxylation is 1. The molecule has 8 heteroatoms. The average molecular weight is 377 g/mol. The summed E-state index contributed by atoms with van der Waals surface area (Å²) in [4.78, 5) is 14.3. The molecule has 0 bridgehead atoms. The molecule has 0 saturated heterocycles. The number of methoxy groups -OCH3 is 1. The zero-order valence-corrected chi connectivity index (χ0v) is 15.6. The highest BCUT2D eigenvalue weighted by Crippen LogP contribution is 2.34. The quantitative estimate of drug-likeness (QED) is 0.656. The minimum Gasteiger partial charge on any atom is -0.466 e. The summed E-state index contributed by atoms with van der Waals surface area (Å²) in [6, 6.07) is 6.82. The highest BCUT2D eigenvalue weighted by Gasteiger charge is 2.35. The van der Waals surface area contributed by atoms with E-state index in [0.717, 1.165) is 11.3 Å². The first-order chi connectivity index (χ1) is 11.9. The number of allylic oxidation sites excluding steroid dienone is 1. The van der Waals surface area contributed by atoms with Gasteiger partial charge in [-0.1, -0.05) is 11.6 Å². The molecule has 0 aliphatic carbocycles. The Bertz CT molecular complexity index is 860. The highest BCUT2D eigenvalue weighted by molar-refractivity contribution is 7.80. The predicted octanol–water partition coefficient (Wildman–Crippen LogP) is 2.96. The number of nitrogens with one attached hydrogen (secondary N) is 1. The lowest BCUT2D eigenvalue weighted by molar-refractivity contribution is -0.136. The molecule has 3 rings (SSSR count). The predicted molar refractivity (Wildman–Crippen MR) is 100 cm³/mol. The van der Waals surface area contributed by atoms with Crippen LogP contribution in [0.5, 0.6) is 0 Å². The number of benzene rings is 1. The van der Waals surface area contributed by atoms with Gasteiger partial charge in [0.05, 0.1) is 24.9 Å². The largest absolute Gasteiger partial charge is 0.466 e. The van der Waals surface area contributed by atoms with Gasteiger partial charge in [-0.05, 0) is 43.4 Å². The van der Waals surface area contributed by atoms with Gasteiger partial charge in [-0.2, -0.15) is 5.10 Å². The fourth-order valence-corrected chi connectivity index (χ4v) is 3.34. The van der Waals surface area contributed by atoms with E-state index >= 15 is 0 Å². The number of halogens is 1. The van der Waals surface area contributed by atoms with Crippen LogP contribution in [0.1, 0.15) is 18.5 Å². The van der Waals surface area contributed by atoms with Crippen molar-refractivity contribution >= 4 is 40.6 Å². The molecule has 25 heavy (non-hydrogen) atoms. The van der Waals surface area contributed by atoms with Gasteiger partial charge in [-0.3, -0.25) is 9.58 Å². The zero-order valence-electron chi connectivity index (χ0n) is 14.0. The standard InChI is InChI=1S/C17H17ClN4O2S/c1-10-14(16(23)24-3)15(11-8-19-21(2)9-11)20-17(25)22(10)13-6-4-12(18)5-7-13/h4-9,15H,1-3H3,(H,20,25). The zero-order chi connectivity index (χ0) is 18.1. The van der Waals surface area contributed by atoms with Crippen LogP contribution in [0.25, 0.3) is 0 Å². The lowest BCUT2D eigenvalue weighted by Crippen LogP contribution is -2.48. The molecule has 0 radical (unpaired) electrons. The minimum absolute atomic E-state index is 0.416. The number of hydrogen-bond donors (Lipinski definition) is 1. The Morgan fingerprint density at radius 3 is 2.60 bits per heavy atom. The Morgan fingerprint density at radius 1 is 1.36 bits per heavy atom. The van der Waals surface area contributed by atoms with Crippen LogP contribution in [-0.2, 0) is 16.6 Å². The molecule has 1 unspecified atom stereocenters. The highest BCUT2D eigenvalue weighted by atomic mass is 35.5. The van der Waals surface area contributed by atoms with Crippen LogP contribution in [-0.4, -0.2) is 28.0 Å². The van der Waals surface area contributed by atoms with Crippen LogP contribution in [0.2, 0.25) is 5.02 Å². The van der Waals surface area contributed by atoms with Gasteiger partial charge in [-0.25, -0.2) is 4.79 Å². The van der Waals surface area contributed by atoms with Crippen molar-refractivity contribution in [2.24, 2.45) is 7.05 Å². The van der Waals surface area contributed by atoms with E-state index in [1.165, 1.54) is 7.11 Å². The Labute approximate surface area is 156 Å². The number of thiocarbonyl (C=S) groups is 1. The molecule has 0 spiro atoms. The topological polar surface area (TPSA) is 59.4 Å². The molecule has 1 aromatic heterocycles. The van der Waals surface area contributed by atoms with Crippen molar-refractivity contribution in [1.29, 1.82) is 0 Å².